The highest BCUT2D eigenvalue weighted by molar-refractivity contribution is 5.97. The molecule has 0 spiro atoms. The lowest BCUT2D eigenvalue weighted by Crippen LogP contribution is -2.42. The van der Waals surface area contributed by atoms with Crippen LogP contribution in [-0.2, 0) is 6.18 Å². The van der Waals surface area contributed by atoms with Gasteiger partial charge < -0.3 is 9.64 Å². The molecule has 2 heterocycles. The number of hydrogen-bond acceptors (Lipinski definition) is 6. The van der Waals surface area contributed by atoms with E-state index < -0.39 is 29.6 Å². The predicted molar refractivity (Wildman–Crippen MR) is 100 cm³/mol. The quantitative estimate of drug-likeness (QED) is 0.527. The highest BCUT2D eigenvalue weighted by Crippen LogP contribution is 2.27. The van der Waals surface area contributed by atoms with Crippen molar-refractivity contribution in [1.29, 1.82) is 0 Å². The van der Waals surface area contributed by atoms with Gasteiger partial charge in [0, 0.05) is 12.6 Å². The lowest BCUT2D eigenvalue weighted by atomic mass is 10.1. The number of aromatic nitrogens is 5. The van der Waals surface area contributed by atoms with Gasteiger partial charge in [-0.1, -0.05) is 0 Å². The van der Waals surface area contributed by atoms with E-state index >= 15 is 0 Å². The molecule has 164 valence electrons. The second-order valence-electron chi connectivity index (χ2n) is 6.47. The van der Waals surface area contributed by atoms with Crippen molar-refractivity contribution < 1.29 is 27.1 Å². The summed E-state index contributed by atoms with van der Waals surface area (Å²) in [6, 6.07) is 3.17. The Hall–Kier alpha value is -3.57. The fraction of sp³-hybridized carbons (Fsp3) is 0.316. The summed E-state index contributed by atoms with van der Waals surface area (Å²) >= 11 is 0. The Labute approximate surface area is 174 Å². The van der Waals surface area contributed by atoms with Crippen LogP contribution in [0, 0.1) is 5.82 Å². The largest absolute Gasteiger partial charge is 0.474 e. The number of likely N-dealkylation sites (N-methyl/N-ethyl adjacent to an activating group) is 1. The van der Waals surface area contributed by atoms with Crippen molar-refractivity contribution in [1.82, 2.24) is 29.9 Å². The molecule has 0 bridgehead atoms. The number of halogens is 4. The van der Waals surface area contributed by atoms with Gasteiger partial charge >= 0.3 is 6.18 Å². The van der Waals surface area contributed by atoms with Crippen LogP contribution in [-0.4, -0.2) is 55.0 Å². The molecule has 0 radical (unpaired) electrons. The van der Waals surface area contributed by atoms with Crippen LogP contribution in [0.4, 0.5) is 17.6 Å². The second-order valence-corrected chi connectivity index (χ2v) is 6.47. The van der Waals surface area contributed by atoms with Crippen molar-refractivity contribution in [2.45, 2.75) is 26.1 Å². The van der Waals surface area contributed by atoms with Crippen molar-refractivity contribution in [3.05, 3.63) is 60.1 Å². The van der Waals surface area contributed by atoms with Crippen LogP contribution in [0.3, 0.4) is 0 Å². The zero-order valence-electron chi connectivity index (χ0n) is 16.5. The summed E-state index contributed by atoms with van der Waals surface area (Å²) in [6.07, 6.45) is -0.350. The van der Waals surface area contributed by atoms with E-state index in [0.717, 1.165) is 23.1 Å². The molecule has 3 aromatic rings. The molecule has 3 rings (SSSR count). The van der Waals surface area contributed by atoms with Gasteiger partial charge in [0.05, 0.1) is 36.4 Å². The molecule has 0 saturated heterocycles. The number of alkyl halides is 3. The van der Waals surface area contributed by atoms with E-state index in [-0.39, 0.29) is 23.7 Å². The first-order chi connectivity index (χ1) is 14.7. The van der Waals surface area contributed by atoms with Gasteiger partial charge in [-0.05, 0) is 26.0 Å². The van der Waals surface area contributed by atoms with Crippen molar-refractivity contribution in [2.24, 2.45) is 0 Å². The highest BCUT2D eigenvalue weighted by atomic mass is 19.4. The van der Waals surface area contributed by atoms with Crippen LogP contribution in [0.5, 0.6) is 5.88 Å². The Kier molecular flexibility index (Phi) is 6.47. The monoisotopic (exact) mass is 438 g/mol. The van der Waals surface area contributed by atoms with E-state index in [0.29, 0.717) is 12.7 Å². The van der Waals surface area contributed by atoms with Crippen molar-refractivity contribution in [3.8, 4) is 11.6 Å². The topological polar surface area (TPSA) is 86.0 Å². The normalized spacial score (nSPS) is 12.5. The first-order valence-corrected chi connectivity index (χ1v) is 9.20. The molecule has 0 unspecified atom stereocenters. The second kappa shape index (κ2) is 9.06. The van der Waals surface area contributed by atoms with Crippen molar-refractivity contribution in [2.75, 3.05) is 13.2 Å². The van der Waals surface area contributed by atoms with E-state index in [2.05, 4.69) is 20.2 Å². The van der Waals surface area contributed by atoms with E-state index in [1.165, 1.54) is 23.4 Å². The molecular weight excluding hydrogens is 420 g/mol. The number of amides is 1. The number of ether oxygens (including phenoxy) is 1. The maximum absolute atomic E-state index is 13.8. The number of nitrogens with zero attached hydrogens (tertiary/aromatic N) is 6. The molecule has 0 aliphatic rings. The summed E-state index contributed by atoms with van der Waals surface area (Å²) in [4.78, 5) is 22.6. The van der Waals surface area contributed by atoms with Crippen LogP contribution in [0.15, 0.2) is 43.0 Å². The van der Waals surface area contributed by atoms with Gasteiger partial charge in [0.15, 0.2) is 5.69 Å². The van der Waals surface area contributed by atoms with Crippen molar-refractivity contribution in [3.63, 3.8) is 0 Å². The van der Waals surface area contributed by atoms with Gasteiger partial charge in [0.25, 0.3) is 5.91 Å². The SMILES string of the molecule is CCN(C(=O)c1ccc(F)cc1-n1nccn1)[C@@H](C)COc1cnc(C(F)(F)F)cn1. The molecule has 0 aliphatic heterocycles. The molecule has 2 aromatic heterocycles. The third kappa shape index (κ3) is 5.13. The number of rotatable bonds is 7. The summed E-state index contributed by atoms with van der Waals surface area (Å²) in [5.41, 5.74) is -0.773. The lowest BCUT2D eigenvalue weighted by Gasteiger charge is -2.28. The molecule has 0 fully saturated rings. The number of carbonyl (C=O) groups is 1. The molecule has 12 heteroatoms. The molecule has 0 aliphatic carbocycles. The summed E-state index contributed by atoms with van der Waals surface area (Å²) in [6.45, 7) is 3.71. The maximum atomic E-state index is 13.8. The summed E-state index contributed by atoms with van der Waals surface area (Å²) in [5, 5.41) is 7.90. The van der Waals surface area contributed by atoms with Gasteiger partial charge in [-0.15, -0.1) is 0 Å². The number of benzene rings is 1. The molecule has 0 N–H and O–H groups in total. The zero-order valence-corrected chi connectivity index (χ0v) is 16.5. The molecule has 0 saturated carbocycles. The van der Waals surface area contributed by atoms with Gasteiger partial charge in [0.1, 0.15) is 18.1 Å². The van der Waals surface area contributed by atoms with Gasteiger partial charge in [-0.3, -0.25) is 4.79 Å². The average Bonchev–Trinajstić information content (AvgIpc) is 3.27. The van der Waals surface area contributed by atoms with Gasteiger partial charge in [0.2, 0.25) is 5.88 Å². The fourth-order valence-electron chi connectivity index (χ4n) is 2.83. The Balaban J connectivity index is 1.74. The molecule has 1 aromatic carbocycles. The Morgan fingerprint density at radius 3 is 2.48 bits per heavy atom. The zero-order chi connectivity index (χ0) is 22.6. The summed E-state index contributed by atoms with van der Waals surface area (Å²) in [7, 11) is 0. The minimum atomic E-state index is -4.60. The molecule has 1 atom stereocenters. The van der Waals surface area contributed by atoms with Crippen LogP contribution >= 0.6 is 0 Å². The molecule has 31 heavy (non-hydrogen) atoms. The van der Waals surface area contributed by atoms with E-state index in [1.54, 1.807) is 13.8 Å². The van der Waals surface area contributed by atoms with Crippen LogP contribution in [0.2, 0.25) is 0 Å². The average molecular weight is 438 g/mol. The number of hydrogen-bond donors (Lipinski definition) is 0. The summed E-state index contributed by atoms with van der Waals surface area (Å²) in [5.74, 6) is -1.07. The van der Waals surface area contributed by atoms with E-state index in [1.807, 2.05) is 0 Å². The predicted octanol–water partition coefficient (Wildman–Crippen LogP) is 3.14. The molecular formula is C19H18F4N6O2. The molecule has 1 amide bonds. The van der Waals surface area contributed by atoms with Crippen LogP contribution in [0.25, 0.3) is 5.69 Å². The van der Waals surface area contributed by atoms with Gasteiger partial charge in [-0.25, -0.2) is 14.4 Å². The van der Waals surface area contributed by atoms with E-state index in [4.69, 9.17) is 4.74 Å². The standard InChI is InChI=1S/C19H18F4N6O2/c1-3-28(12(2)11-31-17-10-24-16(9-25-17)19(21,22)23)18(30)14-5-4-13(20)8-15(14)29-26-6-7-27-29/h4-10,12H,3,11H2,1-2H3/t12-/m0/s1. The lowest BCUT2D eigenvalue weighted by molar-refractivity contribution is -0.141. The van der Waals surface area contributed by atoms with Crippen LogP contribution < -0.4 is 4.74 Å². The fourth-order valence-corrected chi connectivity index (χ4v) is 2.83. The first kappa shape index (κ1) is 22.1. The molecule has 8 nitrogen and oxygen atoms in total. The minimum Gasteiger partial charge on any atom is -0.474 e. The van der Waals surface area contributed by atoms with Crippen LogP contribution in [0.1, 0.15) is 29.9 Å². The highest BCUT2D eigenvalue weighted by Gasteiger charge is 2.33. The third-order valence-electron chi connectivity index (χ3n) is 4.35. The first-order valence-electron chi connectivity index (χ1n) is 9.20. The van der Waals surface area contributed by atoms with E-state index in [9.17, 15) is 22.4 Å². The minimum absolute atomic E-state index is 0.0455. The Morgan fingerprint density at radius 2 is 1.90 bits per heavy atom. The Bertz CT molecular complexity index is 1020. The summed E-state index contributed by atoms with van der Waals surface area (Å²) < 4.78 is 56.9. The third-order valence-corrected chi connectivity index (χ3v) is 4.35. The van der Waals surface area contributed by atoms with Gasteiger partial charge in [-0.2, -0.15) is 28.2 Å². The maximum Gasteiger partial charge on any atom is 0.434 e. The van der Waals surface area contributed by atoms with Crippen molar-refractivity contribution >= 4 is 5.91 Å². The smallest absolute Gasteiger partial charge is 0.434 e. The number of carbonyl (C=O) groups excluding carboxylic acids is 1. The Morgan fingerprint density at radius 1 is 1.19 bits per heavy atom.